The molecule has 0 saturated carbocycles. The first-order chi connectivity index (χ1) is 11.9. The Morgan fingerprint density at radius 3 is 2.72 bits per heavy atom. The number of carbonyl (C=O) groups is 1. The highest BCUT2D eigenvalue weighted by molar-refractivity contribution is 7.92. The smallest absolute Gasteiger partial charge is 0.260 e. The standard InChI is InChI=1S/C16H18N4O4S/c1-24-15-8-4-3-7-14(15)20(25(2,22)23)12-16(21)19-18-11-13-6-5-9-17-10-13/h3-11H,12H2,1-2H3,(H,19,21)/b18-11-. The monoisotopic (exact) mass is 362 g/mol. The van der Waals surface area contributed by atoms with Crippen molar-refractivity contribution in [1.82, 2.24) is 10.4 Å². The van der Waals surface area contributed by atoms with Crippen LogP contribution in [0.15, 0.2) is 53.9 Å². The Bertz CT molecular complexity index is 853. The maximum atomic E-state index is 12.1. The van der Waals surface area contributed by atoms with Gasteiger partial charge in [-0.3, -0.25) is 14.1 Å². The van der Waals surface area contributed by atoms with Crippen LogP contribution in [0, 0.1) is 0 Å². The van der Waals surface area contributed by atoms with Crippen molar-refractivity contribution in [2.75, 3.05) is 24.2 Å². The van der Waals surface area contributed by atoms with Gasteiger partial charge in [0.1, 0.15) is 12.3 Å². The number of benzene rings is 1. The van der Waals surface area contributed by atoms with Crippen molar-refractivity contribution in [2.45, 2.75) is 0 Å². The normalized spacial score (nSPS) is 11.3. The molecular weight excluding hydrogens is 344 g/mol. The van der Waals surface area contributed by atoms with Gasteiger partial charge in [0.2, 0.25) is 10.0 Å². The summed E-state index contributed by atoms with van der Waals surface area (Å²) < 4.78 is 30.3. The third kappa shape index (κ3) is 5.28. The van der Waals surface area contributed by atoms with Gasteiger partial charge < -0.3 is 4.74 Å². The van der Waals surface area contributed by atoms with Crippen LogP contribution in [0.25, 0.3) is 0 Å². The van der Waals surface area contributed by atoms with Crippen molar-refractivity contribution in [3.63, 3.8) is 0 Å². The van der Waals surface area contributed by atoms with Crippen molar-refractivity contribution < 1.29 is 17.9 Å². The fourth-order valence-corrected chi connectivity index (χ4v) is 2.87. The zero-order valence-electron chi connectivity index (χ0n) is 13.8. The van der Waals surface area contributed by atoms with Gasteiger partial charge >= 0.3 is 0 Å². The summed E-state index contributed by atoms with van der Waals surface area (Å²) in [5.74, 6) is -0.240. The third-order valence-corrected chi connectivity index (χ3v) is 4.26. The van der Waals surface area contributed by atoms with E-state index < -0.39 is 22.5 Å². The van der Waals surface area contributed by atoms with E-state index in [1.54, 1.807) is 48.8 Å². The van der Waals surface area contributed by atoms with Crippen LogP contribution in [0.4, 0.5) is 5.69 Å². The Kier molecular flexibility index (Phi) is 6.07. The number of hydrazone groups is 1. The molecule has 2 aromatic rings. The predicted octanol–water partition coefficient (Wildman–Crippen LogP) is 1.01. The lowest BCUT2D eigenvalue weighted by Gasteiger charge is -2.23. The second kappa shape index (κ2) is 8.25. The van der Waals surface area contributed by atoms with E-state index in [2.05, 4.69) is 15.5 Å². The highest BCUT2D eigenvalue weighted by Crippen LogP contribution is 2.29. The number of carbonyl (C=O) groups excluding carboxylic acids is 1. The Labute approximate surface area is 146 Å². The SMILES string of the molecule is COc1ccccc1N(CC(=O)N/N=C\c1cccnc1)S(C)(=O)=O. The average molecular weight is 362 g/mol. The maximum absolute atomic E-state index is 12.1. The molecule has 8 nitrogen and oxygen atoms in total. The maximum Gasteiger partial charge on any atom is 0.260 e. The highest BCUT2D eigenvalue weighted by atomic mass is 32.2. The second-order valence-corrected chi connectivity index (χ2v) is 6.93. The highest BCUT2D eigenvalue weighted by Gasteiger charge is 2.23. The number of pyridine rings is 1. The van der Waals surface area contributed by atoms with Crippen LogP contribution in [0.3, 0.4) is 0 Å². The molecule has 1 amide bonds. The lowest BCUT2D eigenvalue weighted by atomic mass is 10.3. The van der Waals surface area contributed by atoms with E-state index in [1.807, 2.05) is 0 Å². The van der Waals surface area contributed by atoms with Gasteiger partial charge in [-0.1, -0.05) is 18.2 Å². The molecular formula is C16H18N4O4S. The summed E-state index contributed by atoms with van der Waals surface area (Å²) >= 11 is 0. The fourth-order valence-electron chi connectivity index (χ4n) is 2.01. The summed E-state index contributed by atoms with van der Waals surface area (Å²) in [5.41, 5.74) is 3.27. The molecule has 0 saturated heterocycles. The molecule has 132 valence electrons. The molecule has 0 aliphatic carbocycles. The molecule has 1 aromatic carbocycles. The summed E-state index contributed by atoms with van der Waals surface area (Å²) in [6.45, 7) is -0.427. The number of amides is 1. The largest absolute Gasteiger partial charge is 0.495 e. The summed E-state index contributed by atoms with van der Waals surface area (Å²) in [7, 11) is -2.26. The van der Waals surface area contributed by atoms with E-state index >= 15 is 0 Å². The van der Waals surface area contributed by atoms with Crippen LogP contribution in [-0.4, -0.2) is 45.4 Å². The van der Waals surface area contributed by atoms with Crippen LogP contribution < -0.4 is 14.5 Å². The summed E-state index contributed by atoms with van der Waals surface area (Å²) in [6, 6.07) is 10.0. The molecule has 0 unspecified atom stereocenters. The molecule has 2 rings (SSSR count). The number of nitrogens with zero attached hydrogens (tertiary/aromatic N) is 3. The van der Waals surface area contributed by atoms with Gasteiger partial charge in [0.25, 0.3) is 5.91 Å². The van der Waals surface area contributed by atoms with Gasteiger partial charge in [0.15, 0.2) is 0 Å². The van der Waals surface area contributed by atoms with Crippen LogP contribution in [0.5, 0.6) is 5.75 Å². The molecule has 0 radical (unpaired) electrons. The summed E-state index contributed by atoms with van der Waals surface area (Å²) in [6.07, 6.45) is 5.63. The lowest BCUT2D eigenvalue weighted by Crippen LogP contribution is -2.39. The number of nitrogens with one attached hydrogen (secondary N) is 1. The van der Waals surface area contributed by atoms with E-state index in [0.29, 0.717) is 11.3 Å². The van der Waals surface area contributed by atoms with Crippen LogP contribution in [0.1, 0.15) is 5.56 Å². The first-order valence-corrected chi connectivity index (χ1v) is 9.09. The quantitative estimate of drug-likeness (QED) is 0.585. The number of para-hydroxylation sites is 2. The number of ether oxygens (including phenoxy) is 1. The van der Waals surface area contributed by atoms with E-state index in [0.717, 1.165) is 10.6 Å². The summed E-state index contributed by atoms with van der Waals surface area (Å²) in [4.78, 5) is 16.0. The molecule has 1 aromatic heterocycles. The van der Waals surface area contributed by atoms with Crippen LogP contribution in [-0.2, 0) is 14.8 Å². The Balaban J connectivity index is 2.12. The average Bonchev–Trinajstić information content (AvgIpc) is 2.59. The summed E-state index contributed by atoms with van der Waals surface area (Å²) in [5, 5.41) is 3.80. The molecule has 0 spiro atoms. The van der Waals surface area contributed by atoms with E-state index in [4.69, 9.17) is 4.74 Å². The second-order valence-electron chi connectivity index (χ2n) is 5.02. The zero-order valence-corrected chi connectivity index (χ0v) is 14.6. The van der Waals surface area contributed by atoms with Crippen molar-refractivity contribution in [2.24, 2.45) is 5.10 Å². The van der Waals surface area contributed by atoms with Crippen LogP contribution >= 0.6 is 0 Å². The Morgan fingerprint density at radius 2 is 2.08 bits per heavy atom. The number of aromatic nitrogens is 1. The fraction of sp³-hybridized carbons (Fsp3) is 0.188. The van der Waals surface area contributed by atoms with Gasteiger partial charge in [0, 0.05) is 18.0 Å². The number of methoxy groups -OCH3 is 1. The number of hydrogen-bond acceptors (Lipinski definition) is 6. The molecule has 0 bridgehead atoms. The van der Waals surface area contributed by atoms with Crippen molar-refractivity contribution in [3.05, 3.63) is 54.4 Å². The first-order valence-electron chi connectivity index (χ1n) is 7.24. The van der Waals surface area contributed by atoms with Gasteiger partial charge in [-0.15, -0.1) is 0 Å². The zero-order chi connectivity index (χ0) is 18.3. The van der Waals surface area contributed by atoms with Gasteiger partial charge in [-0.2, -0.15) is 5.10 Å². The minimum Gasteiger partial charge on any atom is -0.495 e. The molecule has 0 atom stereocenters. The minimum atomic E-state index is -3.69. The number of hydrogen-bond donors (Lipinski definition) is 1. The van der Waals surface area contributed by atoms with Crippen molar-refractivity contribution in [1.29, 1.82) is 0 Å². The number of anilines is 1. The lowest BCUT2D eigenvalue weighted by molar-refractivity contribution is -0.119. The van der Waals surface area contributed by atoms with E-state index in [1.165, 1.54) is 13.3 Å². The van der Waals surface area contributed by atoms with Crippen molar-refractivity contribution >= 4 is 27.8 Å². The van der Waals surface area contributed by atoms with Crippen molar-refractivity contribution in [3.8, 4) is 5.75 Å². The topological polar surface area (TPSA) is 101 Å². The Hall–Kier alpha value is -2.94. The van der Waals surface area contributed by atoms with E-state index in [-0.39, 0.29) is 5.69 Å². The van der Waals surface area contributed by atoms with Gasteiger partial charge in [0.05, 0.1) is 25.3 Å². The van der Waals surface area contributed by atoms with Crippen LogP contribution in [0.2, 0.25) is 0 Å². The minimum absolute atomic E-state index is 0.277. The first kappa shape index (κ1) is 18.4. The molecule has 0 fully saturated rings. The predicted molar refractivity (Wildman–Crippen MR) is 95.2 cm³/mol. The van der Waals surface area contributed by atoms with Gasteiger partial charge in [-0.05, 0) is 18.2 Å². The molecule has 0 aliphatic rings. The van der Waals surface area contributed by atoms with Gasteiger partial charge in [-0.25, -0.2) is 13.8 Å². The molecule has 1 heterocycles. The van der Waals surface area contributed by atoms with E-state index in [9.17, 15) is 13.2 Å². The third-order valence-electron chi connectivity index (χ3n) is 3.13. The molecule has 1 N–H and O–H groups in total. The molecule has 0 aliphatic heterocycles. The number of rotatable bonds is 7. The Morgan fingerprint density at radius 1 is 1.32 bits per heavy atom. The number of sulfonamides is 1. The molecule has 9 heteroatoms. The molecule has 25 heavy (non-hydrogen) atoms.